The fourth-order valence-electron chi connectivity index (χ4n) is 1.69. The van der Waals surface area contributed by atoms with E-state index in [1.165, 1.54) is 6.92 Å². The van der Waals surface area contributed by atoms with Gasteiger partial charge in [0, 0.05) is 31.1 Å². The van der Waals surface area contributed by atoms with Gasteiger partial charge in [-0.25, -0.2) is 0 Å². The molecule has 0 aliphatic carbocycles. The molecule has 1 rings (SSSR count). The van der Waals surface area contributed by atoms with E-state index in [-0.39, 0.29) is 36.2 Å². The van der Waals surface area contributed by atoms with Crippen LogP contribution in [0.1, 0.15) is 26.3 Å². The van der Waals surface area contributed by atoms with Crippen molar-refractivity contribution in [2.75, 3.05) is 11.9 Å². The van der Waals surface area contributed by atoms with E-state index < -0.39 is 0 Å². The molecule has 2 unspecified atom stereocenters. The van der Waals surface area contributed by atoms with Crippen LogP contribution in [0.25, 0.3) is 0 Å². The maximum absolute atomic E-state index is 11.7. The highest BCUT2D eigenvalue weighted by atomic mass is 35.5. The number of carbonyl (C=O) groups excluding carboxylic acids is 2. The molecule has 0 heterocycles. The fourth-order valence-corrected chi connectivity index (χ4v) is 1.69. The second kappa shape index (κ2) is 9.37. The minimum absolute atomic E-state index is 0. The molecule has 0 saturated heterocycles. The van der Waals surface area contributed by atoms with E-state index in [1.807, 2.05) is 38.1 Å². The van der Waals surface area contributed by atoms with Crippen LogP contribution < -0.4 is 16.4 Å². The zero-order valence-electron chi connectivity index (χ0n) is 12.7. The van der Waals surface area contributed by atoms with Crippen molar-refractivity contribution in [3.05, 3.63) is 29.8 Å². The summed E-state index contributed by atoms with van der Waals surface area (Å²) in [6, 6.07) is 7.43. The van der Waals surface area contributed by atoms with Gasteiger partial charge < -0.3 is 16.4 Å². The van der Waals surface area contributed by atoms with Crippen LogP contribution in [-0.2, 0) is 16.0 Å². The van der Waals surface area contributed by atoms with Gasteiger partial charge in [0.1, 0.15) is 0 Å². The third kappa shape index (κ3) is 7.11. The van der Waals surface area contributed by atoms with Crippen molar-refractivity contribution in [1.29, 1.82) is 0 Å². The molecule has 5 nitrogen and oxygen atoms in total. The van der Waals surface area contributed by atoms with Crippen LogP contribution in [0.2, 0.25) is 0 Å². The largest absolute Gasteiger partial charge is 0.355 e. The predicted octanol–water partition coefficient (Wildman–Crippen LogP) is 1.71. The average molecular weight is 314 g/mol. The first-order chi connectivity index (χ1) is 9.40. The molecule has 0 aromatic heterocycles. The van der Waals surface area contributed by atoms with E-state index in [0.29, 0.717) is 6.54 Å². The van der Waals surface area contributed by atoms with Gasteiger partial charge in [0.25, 0.3) is 0 Å². The Balaban J connectivity index is 0.00000400. The molecule has 0 radical (unpaired) electrons. The van der Waals surface area contributed by atoms with Gasteiger partial charge in [0.05, 0.1) is 0 Å². The van der Waals surface area contributed by atoms with E-state index in [4.69, 9.17) is 5.73 Å². The molecule has 2 atom stereocenters. The Kier molecular flexibility index (Phi) is 8.66. The number of hydrogen-bond donors (Lipinski definition) is 3. The van der Waals surface area contributed by atoms with Crippen molar-refractivity contribution < 1.29 is 9.59 Å². The molecule has 6 heteroatoms. The number of halogens is 1. The summed E-state index contributed by atoms with van der Waals surface area (Å²) in [5.41, 5.74) is 7.56. The number of anilines is 1. The second-order valence-electron chi connectivity index (χ2n) is 5.07. The molecule has 1 aromatic rings. The molecule has 21 heavy (non-hydrogen) atoms. The van der Waals surface area contributed by atoms with Crippen LogP contribution in [-0.4, -0.2) is 24.4 Å². The maximum Gasteiger partial charge on any atom is 0.224 e. The summed E-state index contributed by atoms with van der Waals surface area (Å²) in [6.07, 6.45) is 0.748. The molecular weight excluding hydrogens is 290 g/mol. The van der Waals surface area contributed by atoms with Crippen LogP contribution in [0, 0.1) is 5.92 Å². The first-order valence-corrected chi connectivity index (χ1v) is 6.80. The van der Waals surface area contributed by atoms with E-state index in [2.05, 4.69) is 10.6 Å². The van der Waals surface area contributed by atoms with Crippen LogP contribution in [0.3, 0.4) is 0 Å². The number of benzene rings is 1. The third-order valence-corrected chi connectivity index (χ3v) is 3.19. The number of nitrogens with two attached hydrogens (primary N) is 1. The molecule has 118 valence electrons. The number of hydrogen-bond acceptors (Lipinski definition) is 3. The summed E-state index contributed by atoms with van der Waals surface area (Å²) < 4.78 is 0. The summed E-state index contributed by atoms with van der Waals surface area (Å²) in [5.74, 6) is -0.290. The van der Waals surface area contributed by atoms with Gasteiger partial charge in [-0.3, -0.25) is 9.59 Å². The van der Waals surface area contributed by atoms with Crippen molar-refractivity contribution in [1.82, 2.24) is 5.32 Å². The smallest absolute Gasteiger partial charge is 0.224 e. The van der Waals surface area contributed by atoms with E-state index in [1.54, 1.807) is 0 Å². The van der Waals surface area contributed by atoms with Crippen LogP contribution in [0.4, 0.5) is 5.69 Å². The van der Waals surface area contributed by atoms with Crippen LogP contribution >= 0.6 is 12.4 Å². The third-order valence-electron chi connectivity index (χ3n) is 3.19. The first kappa shape index (κ1) is 19.4. The lowest BCUT2D eigenvalue weighted by atomic mass is 10.0. The van der Waals surface area contributed by atoms with Crippen molar-refractivity contribution in [2.24, 2.45) is 11.7 Å². The Morgan fingerprint density at radius 3 is 2.24 bits per heavy atom. The minimum atomic E-state index is -0.183. The SMILES string of the molecule is CC(=O)Nc1ccc(CCNC(=O)C(C)C(C)N)cc1.Cl. The fraction of sp³-hybridized carbons (Fsp3) is 0.467. The topological polar surface area (TPSA) is 84.2 Å². The summed E-state index contributed by atoms with van der Waals surface area (Å²) in [5, 5.41) is 5.58. The van der Waals surface area contributed by atoms with Gasteiger partial charge in [-0.2, -0.15) is 0 Å². The number of amides is 2. The van der Waals surface area contributed by atoms with Gasteiger partial charge in [0.15, 0.2) is 0 Å². The number of nitrogens with one attached hydrogen (secondary N) is 2. The van der Waals surface area contributed by atoms with Crippen LogP contribution in [0.15, 0.2) is 24.3 Å². The Morgan fingerprint density at radius 1 is 1.19 bits per heavy atom. The minimum Gasteiger partial charge on any atom is -0.355 e. The highest BCUT2D eigenvalue weighted by molar-refractivity contribution is 5.88. The van der Waals surface area contributed by atoms with Gasteiger partial charge in [-0.05, 0) is 31.0 Å². The second-order valence-corrected chi connectivity index (χ2v) is 5.07. The predicted molar refractivity (Wildman–Crippen MR) is 87.5 cm³/mol. The Bertz CT molecular complexity index is 460. The quantitative estimate of drug-likeness (QED) is 0.747. The molecule has 0 aliphatic heterocycles. The zero-order valence-corrected chi connectivity index (χ0v) is 13.5. The zero-order chi connectivity index (χ0) is 15.1. The maximum atomic E-state index is 11.7. The number of rotatable bonds is 6. The van der Waals surface area contributed by atoms with E-state index in [9.17, 15) is 9.59 Å². The van der Waals surface area contributed by atoms with Gasteiger partial charge in [-0.1, -0.05) is 19.1 Å². The van der Waals surface area contributed by atoms with E-state index >= 15 is 0 Å². The molecule has 0 bridgehead atoms. The molecule has 1 aromatic carbocycles. The average Bonchev–Trinajstić information content (AvgIpc) is 2.39. The first-order valence-electron chi connectivity index (χ1n) is 6.80. The molecule has 0 saturated carbocycles. The molecule has 0 spiro atoms. The van der Waals surface area contributed by atoms with Crippen molar-refractivity contribution in [3.8, 4) is 0 Å². The van der Waals surface area contributed by atoms with Crippen molar-refractivity contribution in [2.45, 2.75) is 33.2 Å². The molecule has 0 aliphatic rings. The Hall–Kier alpha value is -1.59. The normalized spacial score (nSPS) is 12.8. The summed E-state index contributed by atoms with van der Waals surface area (Å²) >= 11 is 0. The molecule has 2 amide bonds. The summed E-state index contributed by atoms with van der Waals surface area (Å²) in [4.78, 5) is 22.6. The highest BCUT2D eigenvalue weighted by Crippen LogP contribution is 2.09. The van der Waals surface area contributed by atoms with Crippen molar-refractivity contribution >= 4 is 29.9 Å². The standard InChI is InChI=1S/C15H23N3O2.ClH/c1-10(11(2)16)15(20)17-9-8-13-4-6-14(7-5-13)18-12(3)19;/h4-7,10-11H,8-9,16H2,1-3H3,(H,17,20)(H,18,19);1H. The Morgan fingerprint density at radius 2 is 1.76 bits per heavy atom. The van der Waals surface area contributed by atoms with Gasteiger partial charge >= 0.3 is 0 Å². The summed E-state index contributed by atoms with van der Waals surface area (Å²) in [6.45, 7) is 5.70. The molecule has 4 N–H and O–H groups in total. The summed E-state index contributed by atoms with van der Waals surface area (Å²) in [7, 11) is 0. The van der Waals surface area contributed by atoms with E-state index in [0.717, 1.165) is 17.7 Å². The lowest BCUT2D eigenvalue weighted by molar-refractivity contribution is -0.124. The van der Waals surface area contributed by atoms with Crippen LogP contribution in [0.5, 0.6) is 0 Å². The van der Waals surface area contributed by atoms with Gasteiger partial charge in [0.2, 0.25) is 11.8 Å². The van der Waals surface area contributed by atoms with Gasteiger partial charge in [-0.15, -0.1) is 12.4 Å². The number of carbonyl (C=O) groups is 2. The van der Waals surface area contributed by atoms with Crippen molar-refractivity contribution in [3.63, 3.8) is 0 Å². The highest BCUT2D eigenvalue weighted by Gasteiger charge is 2.15. The monoisotopic (exact) mass is 313 g/mol. The molecular formula is C15H24ClN3O2. The Labute approximate surface area is 132 Å². The lowest BCUT2D eigenvalue weighted by Crippen LogP contribution is -2.39. The molecule has 0 fully saturated rings. The lowest BCUT2D eigenvalue weighted by Gasteiger charge is -2.15.